The lowest BCUT2D eigenvalue weighted by Crippen LogP contribution is -2.31. The molecule has 0 aliphatic carbocycles. The minimum absolute atomic E-state index is 0.00797. The zero-order chi connectivity index (χ0) is 18.2. The lowest BCUT2D eigenvalue weighted by molar-refractivity contribution is 0.0730. The maximum absolute atomic E-state index is 13.2. The third-order valence-corrected chi connectivity index (χ3v) is 5.23. The maximum Gasteiger partial charge on any atom is 0.254 e. The van der Waals surface area contributed by atoms with Crippen LogP contribution < -0.4 is 9.47 Å². The van der Waals surface area contributed by atoms with Gasteiger partial charge in [-0.3, -0.25) is 4.79 Å². The van der Waals surface area contributed by atoms with Gasteiger partial charge in [-0.15, -0.1) is 0 Å². The van der Waals surface area contributed by atoms with Gasteiger partial charge in [0.1, 0.15) is 5.82 Å². The fraction of sp³-hybridized carbons (Fsp3) is 0.333. The number of amides is 1. The molecule has 1 amide bonds. The Morgan fingerprint density at radius 1 is 1.07 bits per heavy atom. The molecule has 6 heteroatoms. The van der Waals surface area contributed by atoms with Crippen LogP contribution in [0.5, 0.6) is 11.5 Å². The van der Waals surface area contributed by atoms with Gasteiger partial charge in [-0.25, -0.2) is 4.98 Å². The summed E-state index contributed by atoms with van der Waals surface area (Å²) in [7, 11) is 0. The van der Waals surface area contributed by atoms with Crippen LogP contribution in [0.15, 0.2) is 42.5 Å². The van der Waals surface area contributed by atoms with Crippen molar-refractivity contribution in [2.24, 2.45) is 0 Å². The molecule has 6 nitrogen and oxygen atoms in total. The number of nitrogens with one attached hydrogen (secondary N) is 1. The van der Waals surface area contributed by atoms with Crippen LogP contribution in [0.1, 0.15) is 41.5 Å². The third kappa shape index (κ3) is 2.91. The molecule has 0 bridgehead atoms. The highest BCUT2D eigenvalue weighted by Crippen LogP contribution is 2.35. The van der Waals surface area contributed by atoms with Gasteiger partial charge >= 0.3 is 0 Å². The number of aromatic nitrogens is 2. The Kier molecular flexibility index (Phi) is 3.96. The smallest absolute Gasteiger partial charge is 0.254 e. The van der Waals surface area contributed by atoms with Crippen molar-refractivity contribution in [3.63, 3.8) is 0 Å². The van der Waals surface area contributed by atoms with E-state index < -0.39 is 0 Å². The molecule has 1 fully saturated rings. The monoisotopic (exact) mass is 363 g/mol. The highest BCUT2D eigenvalue weighted by molar-refractivity contribution is 5.95. The molecule has 1 atom stereocenters. The van der Waals surface area contributed by atoms with Crippen molar-refractivity contribution in [2.75, 3.05) is 19.8 Å². The topological polar surface area (TPSA) is 67.5 Å². The van der Waals surface area contributed by atoms with E-state index in [1.807, 2.05) is 41.3 Å². The van der Waals surface area contributed by atoms with Gasteiger partial charge in [0.2, 0.25) is 0 Å². The Morgan fingerprint density at radius 3 is 2.81 bits per heavy atom. The first-order valence-electron chi connectivity index (χ1n) is 9.45. The van der Waals surface area contributed by atoms with Gasteiger partial charge in [0.25, 0.3) is 5.91 Å². The molecule has 1 unspecified atom stereocenters. The van der Waals surface area contributed by atoms with Crippen LogP contribution in [0.2, 0.25) is 0 Å². The van der Waals surface area contributed by atoms with Crippen LogP contribution in [-0.2, 0) is 0 Å². The number of imidazole rings is 1. The van der Waals surface area contributed by atoms with Crippen molar-refractivity contribution < 1.29 is 14.3 Å². The lowest BCUT2D eigenvalue weighted by atomic mass is 10.1. The van der Waals surface area contributed by atoms with E-state index in [1.165, 1.54) is 0 Å². The summed E-state index contributed by atoms with van der Waals surface area (Å²) >= 11 is 0. The second-order valence-electron chi connectivity index (χ2n) is 7.01. The van der Waals surface area contributed by atoms with Gasteiger partial charge in [-0.2, -0.15) is 0 Å². The third-order valence-electron chi connectivity index (χ3n) is 5.23. The first-order chi connectivity index (χ1) is 13.3. The van der Waals surface area contributed by atoms with Crippen LogP contribution in [0, 0.1) is 0 Å². The summed E-state index contributed by atoms with van der Waals surface area (Å²) in [5.41, 5.74) is 2.56. The van der Waals surface area contributed by atoms with Crippen LogP contribution >= 0.6 is 0 Å². The second kappa shape index (κ2) is 6.61. The van der Waals surface area contributed by atoms with E-state index in [0.29, 0.717) is 30.3 Å². The summed E-state index contributed by atoms with van der Waals surface area (Å²) in [5, 5.41) is 0. The Balaban J connectivity index is 1.44. The summed E-state index contributed by atoms with van der Waals surface area (Å²) in [6, 6.07) is 13.4. The van der Waals surface area contributed by atoms with Crippen LogP contribution in [-0.4, -0.2) is 40.5 Å². The van der Waals surface area contributed by atoms with Gasteiger partial charge in [0.05, 0.1) is 30.3 Å². The second-order valence-corrected chi connectivity index (χ2v) is 7.01. The molecule has 0 radical (unpaired) electrons. The fourth-order valence-corrected chi connectivity index (χ4v) is 3.89. The molecular formula is C21H21N3O3. The van der Waals surface area contributed by atoms with E-state index in [2.05, 4.69) is 4.98 Å². The quantitative estimate of drug-likeness (QED) is 0.754. The molecule has 27 heavy (non-hydrogen) atoms. The lowest BCUT2D eigenvalue weighted by Gasteiger charge is -2.23. The molecule has 2 aromatic carbocycles. The van der Waals surface area contributed by atoms with Crippen LogP contribution in [0.3, 0.4) is 0 Å². The Hall–Kier alpha value is -3.02. The van der Waals surface area contributed by atoms with Crippen molar-refractivity contribution in [3.8, 4) is 11.5 Å². The van der Waals surface area contributed by atoms with E-state index in [0.717, 1.165) is 42.7 Å². The van der Waals surface area contributed by atoms with Gasteiger partial charge in [-0.1, -0.05) is 12.1 Å². The van der Waals surface area contributed by atoms with Crippen LogP contribution in [0.25, 0.3) is 11.0 Å². The molecule has 1 N–H and O–H groups in total. The first kappa shape index (κ1) is 16.2. The Labute approximate surface area is 157 Å². The highest BCUT2D eigenvalue weighted by atomic mass is 16.5. The Morgan fingerprint density at radius 2 is 1.93 bits per heavy atom. The molecule has 5 rings (SSSR count). The minimum Gasteiger partial charge on any atom is -0.490 e. The van der Waals surface area contributed by atoms with E-state index in [9.17, 15) is 4.79 Å². The predicted octanol–water partition coefficient (Wildman–Crippen LogP) is 3.70. The number of H-pyrrole nitrogens is 1. The first-order valence-corrected chi connectivity index (χ1v) is 9.45. The van der Waals surface area contributed by atoms with Crippen molar-refractivity contribution in [1.82, 2.24) is 14.9 Å². The average molecular weight is 363 g/mol. The molecular weight excluding hydrogens is 342 g/mol. The van der Waals surface area contributed by atoms with Gasteiger partial charge in [0, 0.05) is 18.5 Å². The zero-order valence-corrected chi connectivity index (χ0v) is 15.0. The molecule has 2 aliphatic heterocycles. The standard InChI is InChI=1S/C21H21N3O3/c25-21(14-8-9-18-19(13-14)27-12-4-11-26-18)24-10-3-7-17(24)20-22-15-5-1-2-6-16(15)23-20/h1-2,5-6,8-9,13,17H,3-4,7,10-12H2,(H,22,23). The molecule has 0 spiro atoms. The number of carbonyl (C=O) groups is 1. The summed E-state index contributed by atoms with van der Waals surface area (Å²) in [6.07, 6.45) is 2.73. The maximum atomic E-state index is 13.2. The van der Waals surface area contributed by atoms with Gasteiger partial charge in [-0.05, 0) is 43.2 Å². The largest absolute Gasteiger partial charge is 0.490 e. The van der Waals surface area contributed by atoms with E-state index in [4.69, 9.17) is 14.5 Å². The predicted molar refractivity (Wildman–Crippen MR) is 101 cm³/mol. The van der Waals surface area contributed by atoms with Crippen molar-refractivity contribution >= 4 is 16.9 Å². The number of carbonyl (C=O) groups excluding carboxylic acids is 1. The van der Waals surface area contributed by atoms with Crippen molar-refractivity contribution in [3.05, 3.63) is 53.9 Å². The van der Waals surface area contributed by atoms with Crippen LogP contribution in [0.4, 0.5) is 0 Å². The number of hydrogen-bond donors (Lipinski definition) is 1. The summed E-state index contributed by atoms with van der Waals surface area (Å²) in [4.78, 5) is 23.2. The van der Waals surface area contributed by atoms with Crippen molar-refractivity contribution in [2.45, 2.75) is 25.3 Å². The van der Waals surface area contributed by atoms with Gasteiger partial charge < -0.3 is 19.4 Å². The number of fused-ring (bicyclic) bond motifs is 2. The molecule has 3 aromatic rings. The van der Waals surface area contributed by atoms with Gasteiger partial charge in [0.15, 0.2) is 11.5 Å². The number of nitrogens with zero attached hydrogens (tertiary/aromatic N) is 2. The zero-order valence-electron chi connectivity index (χ0n) is 15.0. The number of para-hydroxylation sites is 2. The molecule has 138 valence electrons. The Bertz CT molecular complexity index is 964. The minimum atomic E-state index is -0.0270. The number of hydrogen-bond acceptors (Lipinski definition) is 4. The summed E-state index contributed by atoms with van der Waals surface area (Å²) in [6.45, 7) is 1.98. The number of likely N-dealkylation sites (tertiary alicyclic amines) is 1. The van der Waals surface area contributed by atoms with E-state index >= 15 is 0 Å². The van der Waals surface area contributed by atoms with Crippen molar-refractivity contribution in [1.29, 1.82) is 0 Å². The summed E-state index contributed by atoms with van der Waals surface area (Å²) in [5.74, 6) is 2.22. The number of rotatable bonds is 2. The fourth-order valence-electron chi connectivity index (χ4n) is 3.89. The number of aromatic amines is 1. The molecule has 1 aromatic heterocycles. The summed E-state index contributed by atoms with van der Waals surface area (Å²) < 4.78 is 11.4. The molecule has 1 saturated heterocycles. The average Bonchev–Trinajstić information content (AvgIpc) is 3.28. The SMILES string of the molecule is O=C(c1ccc2c(c1)OCCCO2)N1CCCC1c1nc2ccccc2[nH]1. The molecule has 2 aliphatic rings. The molecule has 0 saturated carbocycles. The van der Waals surface area contributed by atoms with E-state index in [1.54, 1.807) is 6.07 Å². The van der Waals surface area contributed by atoms with E-state index in [-0.39, 0.29) is 11.9 Å². The normalized spacial score (nSPS) is 19.3. The highest BCUT2D eigenvalue weighted by Gasteiger charge is 2.33. The molecule has 3 heterocycles. The number of benzene rings is 2. The number of ether oxygens (including phenoxy) is 2.